The molecular formula is C38H56FN5O6Si. The highest BCUT2D eigenvalue weighted by Crippen LogP contribution is 2.31. The van der Waals surface area contributed by atoms with E-state index in [9.17, 15) is 19.2 Å². The van der Waals surface area contributed by atoms with E-state index in [1.807, 2.05) is 32.3 Å². The Hall–Kier alpha value is -4.10. The third-order valence-electron chi connectivity index (χ3n) is 8.73. The number of likely N-dealkylation sites (N-methyl/N-ethyl adjacent to an activating group) is 1. The summed E-state index contributed by atoms with van der Waals surface area (Å²) in [5.74, 6) is -0.805. The van der Waals surface area contributed by atoms with Crippen LogP contribution in [0.15, 0.2) is 35.3 Å². The van der Waals surface area contributed by atoms with E-state index in [1.165, 1.54) is 36.2 Å². The first-order valence-electron chi connectivity index (χ1n) is 17.5. The van der Waals surface area contributed by atoms with Gasteiger partial charge in [0.15, 0.2) is 11.9 Å². The molecule has 280 valence electrons. The number of ether oxygens (including phenoxy) is 2. The molecule has 3 aromatic heterocycles. The van der Waals surface area contributed by atoms with Gasteiger partial charge in [-0.25, -0.2) is 9.18 Å². The molecule has 1 atom stereocenters. The maximum atomic E-state index is 15.4. The normalized spacial score (nSPS) is 12.6. The second-order valence-corrected chi connectivity index (χ2v) is 20.9. The number of aryl methyl sites for hydroxylation is 2. The fourth-order valence-electron chi connectivity index (χ4n) is 5.63. The van der Waals surface area contributed by atoms with Gasteiger partial charge in [-0.05, 0) is 62.8 Å². The molecule has 0 spiro atoms. The Morgan fingerprint density at radius 2 is 1.73 bits per heavy atom. The van der Waals surface area contributed by atoms with Crippen molar-refractivity contribution in [3.63, 3.8) is 0 Å². The Morgan fingerprint density at radius 1 is 1.04 bits per heavy atom. The third kappa shape index (κ3) is 11.2. The first kappa shape index (κ1) is 41.3. The first-order chi connectivity index (χ1) is 23.8. The SMILES string of the molecule is Cc1c(Cn2c(C)ccc(CC(=O)[C@H](CC/C=C/C(=O)N(C)C)OC(=O)N(C)C)c2=O)n(COCC[Si](C)(C)C)c2c(CC(C)C)c(F)cnc12. The van der Waals surface area contributed by atoms with Crippen LogP contribution in [-0.2, 0) is 45.2 Å². The van der Waals surface area contributed by atoms with Crippen molar-refractivity contribution in [2.24, 2.45) is 5.92 Å². The van der Waals surface area contributed by atoms with Crippen LogP contribution in [0.3, 0.4) is 0 Å². The molecule has 0 saturated carbocycles. The molecular weight excluding hydrogens is 670 g/mol. The minimum absolute atomic E-state index is 0.148. The molecule has 0 aliphatic heterocycles. The lowest BCUT2D eigenvalue weighted by Gasteiger charge is -2.20. The highest BCUT2D eigenvalue weighted by Gasteiger charge is 2.26. The Balaban J connectivity index is 2.02. The van der Waals surface area contributed by atoms with Crippen LogP contribution < -0.4 is 5.56 Å². The second-order valence-electron chi connectivity index (χ2n) is 15.2. The predicted molar refractivity (Wildman–Crippen MR) is 201 cm³/mol. The van der Waals surface area contributed by atoms with Crippen LogP contribution >= 0.6 is 0 Å². The number of halogens is 1. The average Bonchev–Trinajstić information content (AvgIpc) is 3.30. The zero-order valence-electron chi connectivity index (χ0n) is 32.3. The van der Waals surface area contributed by atoms with Crippen molar-refractivity contribution in [2.45, 2.75) is 98.4 Å². The summed E-state index contributed by atoms with van der Waals surface area (Å²) in [5.41, 5.74) is 4.09. The Morgan fingerprint density at radius 3 is 2.33 bits per heavy atom. The molecule has 0 aromatic carbocycles. The number of ketones is 1. The highest BCUT2D eigenvalue weighted by molar-refractivity contribution is 6.76. The standard InChI is InChI=1S/C38H56FN5O6Si/c1-25(2)20-29-30(39)22-40-35-27(4)31(44(36(29)35)24-49-18-19-51(9,10)11)23-43-26(3)16-17-28(37(43)47)21-32(45)33(50-38(48)42(7)8)14-12-13-15-34(46)41(5)6/h13,15-17,22,25,33H,12,14,18-21,23-24H2,1-11H3/b15-13+/t33-/m0/s1. The smallest absolute Gasteiger partial charge is 0.409 e. The van der Waals surface area contributed by atoms with E-state index in [4.69, 9.17) is 9.47 Å². The Labute approximate surface area is 302 Å². The molecule has 51 heavy (non-hydrogen) atoms. The van der Waals surface area contributed by atoms with E-state index in [-0.39, 0.29) is 54.9 Å². The van der Waals surface area contributed by atoms with Crippen LogP contribution in [0, 0.1) is 25.6 Å². The second kappa shape index (κ2) is 17.9. The van der Waals surface area contributed by atoms with Gasteiger partial charge in [0.1, 0.15) is 12.5 Å². The molecule has 0 aliphatic rings. The van der Waals surface area contributed by atoms with E-state index in [2.05, 4.69) is 24.6 Å². The molecule has 11 nitrogen and oxygen atoms in total. The summed E-state index contributed by atoms with van der Waals surface area (Å²) in [6.07, 6.45) is 3.23. The lowest BCUT2D eigenvalue weighted by molar-refractivity contribution is -0.127. The van der Waals surface area contributed by atoms with Crippen LogP contribution in [0.5, 0.6) is 0 Å². The number of carbonyl (C=O) groups is 3. The summed E-state index contributed by atoms with van der Waals surface area (Å²) < 4.78 is 30.7. The lowest BCUT2D eigenvalue weighted by atomic mass is 10.0. The number of aromatic nitrogens is 3. The zero-order valence-corrected chi connectivity index (χ0v) is 33.3. The van der Waals surface area contributed by atoms with Gasteiger partial charge in [-0.2, -0.15) is 0 Å². The number of hydrogen-bond acceptors (Lipinski definition) is 7. The zero-order chi connectivity index (χ0) is 38.2. The summed E-state index contributed by atoms with van der Waals surface area (Å²) in [4.78, 5) is 59.3. The summed E-state index contributed by atoms with van der Waals surface area (Å²) in [7, 11) is 4.95. The fourth-order valence-corrected chi connectivity index (χ4v) is 6.39. The number of allylic oxidation sites excluding steroid dienone is 1. The number of rotatable bonds is 17. The van der Waals surface area contributed by atoms with Crippen molar-refractivity contribution in [1.29, 1.82) is 0 Å². The van der Waals surface area contributed by atoms with Crippen molar-refractivity contribution in [3.8, 4) is 0 Å². The molecule has 0 unspecified atom stereocenters. The topological polar surface area (TPSA) is 116 Å². The van der Waals surface area contributed by atoms with Gasteiger partial charge in [-0.1, -0.05) is 45.6 Å². The minimum Gasteiger partial charge on any atom is -0.438 e. The quantitative estimate of drug-likeness (QED) is 0.0937. The monoisotopic (exact) mass is 725 g/mol. The van der Waals surface area contributed by atoms with Gasteiger partial charge in [-0.15, -0.1) is 0 Å². The van der Waals surface area contributed by atoms with E-state index in [1.54, 1.807) is 36.9 Å². The van der Waals surface area contributed by atoms with E-state index in [0.717, 1.165) is 17.3 Å². The van der Waals surface area contributed by atoms with E-state index in [0.29, 0.717) is 41.7 Å². The number of Topliss-reactive ketones (excluding diaryl/α,β-unsaturated/α-hetero) is 1. The Kier molecular flexibility index (Phi) is 14.5. The third-order valence-corrected chi connectivity index (χ3v) is 10.4. The molecule has 3 heterocycles. The van der Waals surface area contributed by atoms with Crippen molar-refractivity contribution in [3.05, 3.63) is 74.7 Å². The number of hydrogen-bond donors (Lipinski definition) is 0. The number of nitrogens with zero attached hydrogens (tertiary/aromatic N) is 5. The molecule has 3 rings (SSSR count). The van der Waals surface area contributed by atoms with Crippen molar-refractivity contribution in [1.82, 2.24) is 23.9 Å². The average molecular weight is 726 g/mol. The maximum absolute atomic E-state index is 15.4. The van der Waals surface area contributed by atoms with Crippen LogP contribution in [0.4, 0.5) is 9.18 Å². The summed E-state index contributed by atoms with van der Waals surface area (Å²) in [6.45, 7) is 15.6. The van der Waals surface area contributed by atoms with Crippen LogP contribution in [0.1, 0.15) is 54.8 Å². The van der Waals surface area contributed by atoms with Crippen molar-refractivity contribution < 1.29 is 28.2 Å². The van der Waals surface area contributed by atoms with Gasteiger partial charge >= 0.3 is 6.09 Å². The van der Waals surface area contributed by atoms with Crippen LogP contribution in [-0.4, -0.2) is 90.7 Å². The highest BCUT2D eigenvalue weighted by atomic mass is 28.3. The molecule has 0 N–H and O–H groups in total. The summed E-state index contributed by atoms with van der Waals surface area (Å²) >= 11 is 0. The number of fused-ring (bicyclic) bond motifs is 1. The van der Waals surface area contributed by atoms with Crippen LogP contribution in [0.2, 0.25) is 25.7 Å². The summed E-state index contributed by atoms with van der Waals surface area (Å²) in [5, 5.41) is 0. The van der Waals surface area contributed by atoms with E-state index >= 15 is 4.39 Å². The molecule has 0 saturated heterocycles. The van der Waals surface area contributed by atoms with E-state index < -0.39 is 26.1 Å². The number of amides is 2. The minimum atomic E-state index is -1.36. The number of carbonyl (C=O) groups excluding carboxylic acids is 3. The maximum Gasteiger partial charge on any atom is 0.409 e. The van der Waals surface area contributed by atoms with Crippen LogP contribution in [0.25, 0.3) is 11.0 Å². The van der Waals surface area contributed by atoms with Gasteiger partial charge in [0.05, 0.1) is 23.8 Å². The first-order valence-corrected chi connectivity index (χ1v) is 21.2. The molecule has 0 fully saturated rings. The molecule has 0 radical (unpaired) electrons. The van der Waals surface area contributed by atoms with Gasteiger partial charge in [-0.3, -0.25) is 19.4 Å². The predicted octanol–water partition coefficient (Wildman–Crippen LogP) is 6.12. The van der Waals surface area contributed by atoms with Gasteiger partial charge in [0, 0.05) is 71.8 Å². The molecule has 0 bridgehead atoms. The molecule has 3 aromatic rings. The van der Waals surface area contributed by atoms with Crippen molar-refractivity contribution >= 4 is 36.9 Å². The fraction of sp³-hybridized carbons (Fsp3) is 0.553. The molecule has 2 amide bonds. The van der Waals surface area contributed by atoms with Gasteiger partial charge < -0.3 is 28.4 Å². The Bertz CT molecular complexity index is 1800. The van der Waals surface area contributed by atoms with Gasteiger partial charge in [0.25, 0.3) is 5.56 Å². The van der Waals surface area contributed by atoms with Gasteiger partial charge in [0.2, 0.25) is 5.91 Å². The van der Waals surface area contributed by atoms with Crippen molar-refractivity contribution in [2.75, 3.05) is 34.8 Å². The molecule has 13 heteroatoms. The number of pyridine rings is 2. The largest absolute Gasteiger partial charge is 0.438 e. The lowest BCUT2D eigenvalue weighted by Crippen LogP contribution is -2.35. The summed E-state index contributed by atoms with van der Waals surface area (Å²) in [6, 6.07) is 4.39. The molecule has 0 aliphatic carbocycles.